The number of Topliss-reactive ketones (excluding diaryl/α,β-unsaturated/α-hetero) is 2. The van der Waals surface area contributed by atoms with Gasteiger partial charge in [-0.3, -0.25) is 19.5 Å². The number of H-pyrrole nitrogens is 1. The van der Waals surface area contributed by atoms with Gasteiger partial charge in [-0.1, -0.05) is 5.92 Å². The molecule has 6 nitrogen and oxygen atoms in total. The standard InChI is InChI=1S/C25H27N3O3/c1-4-5-18-12-16(2)22(17(3)13-18)23-20(29)14-25(15-21(23)30)7-10-28(11-8-25)24(31)19-6-9-26-27-19/h6,9,12-13,23H,7-8,10-11,14-15H2,1-3H3,(H,26,27). The Kier molecular flexibility index (Phi) is 5.53. The van der Waals surface area contributed by atoms with Gasteiger partial charge in [-0.2, -0.15) is 5.10 Å². The first-order valence-electron chi connectivity index (χ1n) is 10.7. The maximum absolute atomic E-state index is 13.3. The number of likely N-dealkylation sites (tertiary alicyclic amines) is 1. The molecule has 160 valence electrons. The maximum Gasteiger partial charge on any atom is 0.274 e. The van der Waals surface area contributed by atoms with Crippen molar-refractivity contribution in [1.82, 2.24) is 15.1 Å². The van der Waals surface area contributed by atoms with Crippen LogP contribution < -0.4 is 0 Å². The Labute approximate surface area is 182 Å². The van der Waals surface area contributed by atoms with Crippen LogP contribution in [0.3, 0.4) is 0 Å². The zero-order valence-electron chi connectivity index (χ0n) is 18.2. The number of carbonyl (C=O) groups is 3. The fourth-order valence-corrected chi connectivity index (χ4v) is 5.23. The van der Waals surface area contributed by atoms with Crippen molar-refractivity contribution in [3.8, 4) is 11.8 Å². The number of rotatable bonds is 2. The number of hydrogen-bond donors (Lipinski definition) is 1. The van der Waals surface area contributed by atoms with Gasteiger partial charge in [0.1, 0.15) is 23.2 Å². The van der Waals surface area contributed by atoms with Gasteiger partial charge >= 0.3 is 0 Å². The predicted octanol–water partition coefficient (Wildman–Crippen LogP) is 3.34. The van der Waals surface area contributed by atoms with Crippen molar-refractivity contribution >= 4 is 17.5 Å². The van der Waals surface area contributed by atoms with Crippen molar-refractivity contribution in [2.45, 2.75) is 52.4 Å². The van der Waals surface area contributed by atoms with Gasteiger partial charge in [-0.15, -0.1) is 5.92 Å². The molecule has 1 amide bonds. The SMILES string of the molecule is CC#Cc1cc(C)c(C2C(=O)CC3(CCN(C(=O)c4cc[nH]n4)CC3)CC2=O)c(C)c1. The van der Waals surface area contributed by atoms with Gasteiger partial charge in [0, 0.05) is 37.7 Å². The fraction of sp³-hybridized carbons (Fsp3) is 0.440. The Balaban J connectivity index is 1.50. The molecule has 1 aromatic carbocycles. The number of amides is 1. The van der Waals surface area contributed by atoms with E-state index >= 15 is 0 Å². The predicted molar refractivity (Wildman–Crippen MR) is 117 cm³/mol. The molecule has 1 N–H and O–H groups in total. The fourth-order valence-electron chi connectivity index (χ4n) is 5.23. The third kappa shape index (κ3) is 3.93. The highest BCUT2D eigenvalue weighted by atomic mass is 16.2. The highest BCUT2D eigenvalue weighted by Gasteiger charge is 2.47. The Bertz CT molecular complexity index is 1050. The van der Waals surface area contributed by atoms with E-state index in [1.807, 2.05) is 26.0 Å². The van der Waals surface area contributed by atoms with Gasteiger partial charge in [0.2, 0.25) is 0 Å². The largest absolute Gasteiger partial charge is 0.337 e. The molecule has 1 saturated heterocycles. The summed E-state index contributed by atoms with van der Waals surface area (Å²) in [7, 11) is 0. The molecule has 0 unspecified atom stereocenters. The van der Waals surface area contributed by atoms with Gasteiger partial charge < -0.3 is 4.90 Å². The molecule has 0 atom stereocenters. The third-order valence-electron chi connectivity index (χ3n) is 6.73. The van der Waals surface area contributed by atoms with Crippen LogP contribution in [0.25, 0.3) is 0 Å². The number of nitrogens with zero attached hydrogens (tertiary/aromatic N) is 2. The van der Waals surface area contributed by atoms with Gasteiger partial charge in [0.25, 0.3) is 5.91 Å². The molecular formula is C25H27N3O3. The molecule has 6 heteroatoms. The summed E-state index contributed by atoms with van der Waals surface area (Å²) in [6.07, 6.45) is 3.74. The molecule has 1 aromatic heterocycles. The number of ketones is 2. The van der Waals surface area contributed by atoms with E-state index < -0.39 is 5.92 Å². The number of aromatic amines is 1. The molecule has 1 aliphatic heterocycles. The van der Waals surface area contributed by atoms with Crippen molar-refractivity contribution in [2.24, 2.45) is 5.41 Å². The first kappa shape index (κ1) is 21.0. The van der Waals surface area contributed by atoms with Crippen LogP contribution in [-0.2, 0) is 9.59 Å². The van der Waals surface area contributed by atoms with Crippen molar-refractivity contribution in [1.29, 1.82) is 0 Å². The number of aryl methyl sites for hydroxylation is 2. The van der Waals surface area contributed by atoms with Crippen LogP contribution in [0.1, 0.15) is 71.3 Å². The monoisotopic (exact) mass is 417 g/mol. The van der Waals surface area contributed by atoms with Gasteiger partial charge in [0.15, 0.2) is 0 Å². The van der Waals surface area contributed by atoms with Gasteiger partial charge in [0.05, 0.1) is 0 Å². The van der Waals surface area contributed by atoms with E-state index in [0.29, 0.717) is 44.5 Å². The Morgan fingerprint density at radius 3 is 2.26 bits per heavy atom. The number of aromatic nitrogens is 2. The summed E-state index contributed by atoms with van der Waals surface area (Å²) in [6, 6.07) is 5.58. The van der Waals surface area contributed by atoms with E-state index in [0.717, 1.165) is 22.3 Å². The highest BCUT2D eigenvalue weighted by Crippen LogP contribution is 2.46. The van der Waals surface area contributed by atoms with Crippen molar-refractivity contribution in [2.75, 3.05) is 13.1 Å². The Morgan fingerprint density at radius 2 is 1.74 bits per heavy atom. The molecule has 2 aromatic rings. The van der Waals surface area contributed by atoms with E-state index in [9.17, 15) is 14.4 Å². The normalized spacial score (nSPS) is 18.7. The summed E-state index contributed by atoms with van der Waals surface area (Å²) in [5.41, 5.74) is 3.70. The van der Waals surface area contributed by atoms with E-state index in [4.69, 9.17) is 0 Å². The van der Waals surface area contributed by atoms with Crippen LogP contribution in [0.4, 0.5) is 0 Å². The second-order valence-electron chi connectivity index (χ2n) is 8.87. The van der Waals surface area contributed by atoms with Gasteiger partial charge in [-0.25, -0.2) is 0 Å². The third-order valence-corrected chi connectivity index (χ3v) is 6.73. The number of nitrogens with one attached hydrogen (secondary N) is 1. The van der Waals surface area contributed by atoms with Gasteiger partial charge in [-0.05, 0) is 73.9 Å². The molecule has 4 rings (SSSR count). The smallest absolute Gasteiger partial charge is 0.274 e. The van der Waals surface area contributed by atoms with Crippen LogP contribution in [0.5, 0.6) is 0 Å². The molecule has 31 heavy (non-hydrogen) atoms. The van der Waals surface area contributed by atoms with Crippen molar-refractivity contribution in [3.05, 3.63) is 52.3 Å². The average molecular weight is 418 g/mol. The molecule has 1 saturated carbocycles. The van der Waals surface area contributed by atoms with Crippen LogP contribution in [0.2, 0.25) is 0 Å². The highest BCUT2D eigenvalue weighted by molar-refractivity contribution is 6.10. The number of benzene rings is 1. The maximum atomic E-state index is 13.3. The van der Waals surface area contributed by atoms with E-state index in [-0.39, 0.29) is 22.9 Å². The molecule has 2 fully saturated rings. The average Bonchev–Trinajstić information content (AvgIpc) is 3.25. The van der Waals surface area contributed by atoms with Crippen molar-refractivity contribution in [3.63, 3.8) is 0 Å². The zero-order valence-corrected chi connectivity index (χ0v) is 18.2. The number of piperidine rings is 1. The summed E-state index contributed by atoms with van der Waals surface area (Å²) >= 11 is 0. The number of hydrogen-bond acceptors (Lipinski definition) is 4. The lowest BCUT2D eigenvalue weighted by atomic mass is 9.62. The molecule has 1 spiro atoms. The molecule has 0 bridgehead atoms. The van der Waals surface area contributed by atoms with Crippen LogP contribution in [0.15, 0.2) is 24.4 Å². The lowest BCUT2D eigenvalue weighted by Gasteiger charge is -2.44. The molecule has 2 aliphatic rings. The lowest BCUT2D eigenvalue weighted by molar-refractivity contribution is -0.138. The molecule has 2 heterocycles. The first-order chi connectivity index (χ1) is 14.8. The molecular weight excluding hydrogens is 390 g/mol. The minimum Gasteiger partial charge on any atom is -0.337 e. The van der Waals surface area contributed by atoms with E-state index in [2.05, 4.69) is 22.0 Å². The van der Waals surface area contributed by atoms with Crippen LogP contribution >= 0.6 is 0 Å². The van der Waals surface area contributed by atoms with Crippen LogP contribution in [0, 0.1) is 31.1 Å². The van der Waals surface area contributed by atoms with E-state index in [1.54, 1.807) is 24.1 Å². The second kappa shape index (κ2) is 8.14. The lowest BCUT2D eigenvalue weighted by Crippen LogP contribution is -2.48. The topological polar surface area (TPSA) is 83.1 Å². The quantitative estimate of drug-likeness (QED) is 0.600. The second-order valence-corrected chi connectivity index (χ2v) is 8.87. The van der Waals surface area contributed by atoms with E-state index in [1.165, 1.54) is 0 Å². The summed E-state index contributed by atoms with van der Waals surface area (Å²) < 4.78 is 0. The van der Waals surface area contributed by atoms with Crippen LogP contribution in [-0.4, -0.2) is 45.7 Å². The number of carbonyl (C=O) groups excluding carboxylic acids is 3. The summed E-state index contributed by atoms with van der Waals surface area (Å²) in [5.74, 6) is 5.17. The zero-order chi connectivity index (χ0) is 22.2. The first-order valence-corrected chi connectivity index (χ1v) is 10.7. The minimum absolute atomic E-state index is 0.00357. The molecule has 1 aliphatic carbocycles. The minimum atomic E-state index is -0.682. The summed E-state index contributed by atoms with van der Waals surface area (Å²) in [4.78, 5) is 40.8. The summed E-state index contributed by atoms with van der Waals surface area (Å²) in [5, 5.41) is 6.63. The van der Waals surface area contributed by atoms with Crippen molar-refractivity contribution < 1.29 is 14.4 Å². The Morgan fingerprint density at radius 1 is 1.13 bits per heavy atom. The molecule has 0 radical (unpaired) electrons. The Hall–Kier alpha value is -3.20. The summed E-state index contributed by atoms with van der Waals surface area (Å²) in [6.45, 7) is 6.78.